The zero-order valence-electron chi connectivity index (χ0n) is 11.4. The van der Waals surface area contributed by atoms with Crippen molar-refractivity contribution in [3.05, 3.63) is 0 Å². The molecule has 0 bridgehead atoms. The predicted molar refractivity (Wildman–Crippen MR) is 69.1 cm³/mol. The molecule has 1 saturated heterocycles. The summed E-state index contributed by atoms with van der Waals surface area (Å²) in [5, 5.41) is 2.78. The highest BCUT2D eigenvalue weighted by Crippen LogP contribution is 2.08. The molecule has 1 fully saturated rings. The standard InChI is InChI=1S/C13H26N2O2/c1-13(2,3)17-12(16)14-8-4-5-9-15-10-6-7-11-15/h4-11H2,1-3H3,(H,14,16). The Hall–Kier alpha value is -0.770. The van der Waals surface area contributed by atoms with E-state index in [1.165, 1.54) is 25.9 Å². The summed E-state index contributed by atoms with van der Waals surface area (Å²) in [4.78, 5) is 13.8. The number of amides is 1. The third-order valence-corrected chi connectivity index (χ3v) is 2.77. The number of alkyl carbamates (subject to hydrolysis) is 1. The number of nitrogens with one attached hydrogen (secondary N) is 1. The van der Waals surface area contributed by atoms with Gasteiger partial charge in [-0.1, -0.05) is 0 Å². The van der Waals surface area contributed by atoms with Gasteiger partial charge in [0.05, 0.1) is 0 Å². The number of hydrogen-bond acceptors (Lipinski definition) is 3. The molecule has 0 aromatic carbocycles. The maximum absolute atomic E-state index is 11.3. The van der Waals surface area contributed by atoms with Crippen molar-refractivity contribution in [1.82, 2.24) is 10.2 Å². The first kappa shape index (κ1) is 14.3. The maximum Gasteiger partial charge on any atom is 0.407 e. The largest absolute Gasteiger partial charge is 0.444 e. The van der Waals surface area contributed by atoms with Gasteiger partial charge in [-0.2, -0.15) is 0 Å². The Morgan fingerprint density at radius 1 is 1.24 bits per heavy atom. The highest BCUT2D eigenvalue weighted by molar-refractivity contribution is 5.67. The number of nitrogens with zero attached hydrogens (tertiary/aromatic N) is 1. The van der Waals surface area contributed by atoms with Gasteiger partial charge >= 0.3 is 6.09 Å². The van der Waals surface area contributed by atoms with Crippen molar-refractivity contribution in [2.75, 3.05) is 26.2 Å². The van der Waals surface area contributed by atoms with E-state index >= 15 is 0 Å². The molecule has 1 heterocycles. The van der Waals surface area contributed by atoms with Gasteiger partial charge in [0.25, 0.3) is 0 Å². The number of carbonyl (C=O) groups excluding carboxylic acids is 1. The molecule has 0 spiro atoms. The zero-order chi connectivity index (χ0) is 12.7. The van der Waals surface area contributed by atoms with E-state index in [1.807, 2.05) is 20.8 Å². The lowest BCUT2D eigenvalue weighted by atomic mass is 10.2. The minimum absolute atomic E-state index is 0.307. The third-order valence-electron chi connectivity index (χ3n) is 2.77. The second-order valence-corrected chi connectivity index (χ2v) is 5.68. The molecule has 0 aromatic rings. The number of rotatable bonds is 5. The van der Waals surface area contributed by atoms with Crippen molar-refractivity contribution in [2.45, 2.75) is 52.1 Å². The van der Waals surface area contributed by atoms with Crippen molar-refractivity contribution < 1.29 is 9.53 Å². The number of likely N-dealkylation sites (tertiary alicyclic amines) is 1. The molecule has 0 aromatic heterocycles. The molecule has 1 N–H and O–H groups in total. The average Bonchev–Trinajstić information content (AvgIpc) is 2.67. The van der Waals surface area contributed by atoms with Gasteiger partial charge in [0.15, 0.2) is 0 Å². The Kier molecular flexibility index (Phi) is 5.75. The van der Waals surface area contributed by atoms with Crippen LogP contribution in [0.25, 0.3) is 0 Å². The van der Waals surface area contributed by atoms with Crippen LogP contribution in [-0.2, 0) is 4.74 Å². The SMILES string of the molecule is CC(C)(C)OC(=O)NCCCCN1CCCC1. The van der Waals surface area contributed by atoms with Gasteiger partial charge in [-0.3, -0.25) is 0 Å². The van der Waals surface area contributed by atoms with E-state index in [-0.39, 0.29) is 6.09 Å². The number of hydrogen-bond donors (Lipinski definition) is 1. The molecule has 1 aliphatic rings. The minimum atomic E-state index is -0.403. The minimum Gasteiger partial charge on any atom is -0.444 e. The van der Waals surface area contributed by atoms with Crippen LogP contribution < -0.4 is 5.32 Å². The van der Waals surface area contributed by atoms with Crippen molar-refractivity contribution in [2.24, 2.45) is 0 Å². The van der Waals surface area contributed by atoms with Crippen LogP contribution >= 0.6 is 0 Å². The molecule has 1 aliphatic heterocycles. The molecule has 4 nitrogen and oxygen atoms in total. The van der Waals surface area contributed by atoms with E-state index in [0.717, 1.165) is 19.4 Å². The van der Waals surface area contributed by atoms with Crippen LogP contribution in [0.15, 0.2) is 0 Å². The topological polar surface area (TPSA) is 41.6 Å². The van der Waals surface area contributed by atoms with E-state index in [9.17, 15) is 4.79 Å². The summed E-state index contributed by atoms with van der Waals surface area (Å²) in [5.74, 6) is 0. The third kappa shape index (κ3) is 7.21. The fourth-order valence-corrected chi connectivity index (χ4v) is 1.97. The van der Waals surface area contributed by atoms with E-state index in [2.05, 4.69) is 10.2 Å². The molecule has 1 amide bonds. The van der Waals surface area contributed by atoms with Gasteiger partial charge in [-0.15, -0.1) is 0 Å². The van der Waals surface area contributed by atoms with E-state index in [4.69, 9.17) is 4.74 Å². The summed E-state index contributed by atoms with van der Waals surface area (Å²) in [6.07, 6.45) is 4.55. The van der Waals surface area contributed by atoms with Crippen LogP contribution in [0.1, 0.15) is 46.5 Å². The molecule has 17 heavy (non-hydrogen) atoms. The summed E-state index contributed by atoms with van der Waals surface area (Å²) in [7, 11) is 0. The average molecular weight is 242 g/mol. The van der Waals surface area contributed by atoms with Crippen molar-refractivity contribution in [1.29, 1.82) is 0 Å². The Balaban J connectivity index is 1.94. The molecule has 0 aliphatic carbocycles. The molecule has 0 radical (unpaired) electrons. The molecular weight excluding hydrogens is 216 g/mol. The molecule has 4 heteroatoms. The molecular formula is C13H26N2O2. The Morgan fingerprint density at radius 2 is 1.88 bits per heavy atom. The molecule has 0 saturated carbocycles. The molecule has 0 atom stereocenters. The second kappa shape index (κ2) is 6.84. The Morgan fingerprint density at radius 3 is 2.47 bits per heavy atom. The van der Waals surface area contributed by atoms with Crippen LogP contribution in [-0.4, -0.2) is 42.8 Å². The van der Waals surface area contributed by atoms with Crippen LogP contribution in [0.2, 0.25) is 0 Å². The van der Waals surface area contributed by atoms with Gasteiger partial charge in [-0.25, -0.2) is 4.79 Å². The molecule has 1 rings (SSSR count). The number of ether oxygens (including phenoxy) is 1. The van der Waals surface area contributed by atoms with Crippen LogP contribution in [0.5, 0.6) is 0 Å². The first-order valence-corrected chi connectivity index (χ1v) is 6.66. The van der Waals surface area contributed by atoms with Crippen LogP contribution in [0, 0.1) is 0 Å². The highest BCUT2D eigenvalue weighted by atomic mass is 16.6. The second-order valence-electron chi connectivity index (χ2n) is 5.68. The van der Waals surface area contributed by atoms with E-state index < -0.39 is 5.60 Å². The van der Waals surface area contributed by atoms with Gasteiger partial charge in [-0.05, 0) is 66.1 Å². The van der Waals surface area contributed by atoms with E-state index in [1.54, 1.807) is 0 Å². The van der Waals surface area contributed by atoms with Crippen molar-refractivity contribution in [3.63, 3.8) is 0 Å². The lowest BCUT2D eigenvalue weighted by Crippen LogP contribution is -2.33. The lowest BCUT2D eigenvalue weighted by molar-refractivity contribution is 0.0526. The lowest BCUT2D eigenvalue weighted by Gasteiger charge is -2.19. The van der Waals surface area contributed by atoms with Gasteiger partial charge < -0.3 is 15.0 Å². The summed E-state index contributed by atoms with van der Waals surface area (Å²) in [5.41, 5.74) is -0.403. The zero-order valence-corrected chi connectivity index (χ0v) is 11.4. The van der Waals surface area contributed by atoms with Gasteiger partial charge in [0.1, 0.15) is 5.60 Å². The fourth-order valence-electron chi connectivity index (χ4n) is 1.97. The smallest absolute Gasteiger partial charge is 0.407 e. The van der Waals surface area contributed by atoms with Crippen LogP contribution in [0.4, 0.5) is 4.79 Å². The quantitative estimate of drug-likeness (QED) is 0.753. The Labute approximate surface area is 105 Å². The molecule has 0 unspecified atom stereocenters. The predicted octanol–water partition coefficient (Wildman–Crippen LogP) is 2.39. The normalized spacial score (nSPS) is 17.1. The maximum atomic E-state index is 11.3. The van der Waals surface area contributed by atoms with Crippen molar-refractivity contribution >= 4 is 6.09 Å². The van der Waals surface area contributed by atoms with Crippen LogP contribution in [0.3, 0.4) is 0 Å². The van der Waals surface area contributed by atoms with Gasteiger partial charge in [0.2, 0.25) is 0 Å². The molecule has 100 valence electrons. The number of unbranched alkanes of at least 4 members (excludes halogenated alkanes) is 1. The first-order valence-electron chi connectivity index (χ1n) is 6.66. The summed E-state index contributed by atoms with van der Waals surface area (Å²) < 4.78 is 5.16. The van der Waals surface area contributed by atoms with E-state index in [0.29, 0.717) is 6.54 Å². The van der Waals surface area contributed by atoms with Crippen molar-refractivity contribution in [3.8, 4) is 0 Å². The fraction of sp³-hybridized carbons (Fsp3) is 0.923. The van der Waals surface area contributed by atoms with Gasteiger partial charge in [0, 0.05) is 6.54 Å². The first-order chi connectivity index (χ1) is 7.97. The summed E-state index contributed by atoms with van der Waals surface area (Å²) >= 11 is 0. The summed E-state index contributed by atoms with van der Waals surface area (Å²) in [6.45, 7) is 10.00. The highest BCUT2D eigenvalue weighted by Gasteiger charge is 2.15. The summed E-state index contributed by atoms with van der Waals surface area (Å²) in [6, 6.07) is 0. The Bertz CT molecular complexity index is 230. The monoisotopic (exact) mass is 242 g/mol. The number of carbonyl (C=O) groups is 1.